The summed E-state index contributed by atoms with van der Waals surface area (Å²) in [5, 5.41) is 12.8. The minimum Gasteiger partial charge on any atom is -0.389 e. The second-order valence-electron chi connectivity index (χ2n) is 5.28. The number of hydrogen-bond donors (Lipinski definition) is 2. The van der Waals surface area contributed by atoms with Gasteiger partial charge in [-0.25, -0.2) is 0 Å². The van der Waals surface area contributed by atoms with E-state index in [4.69, 9.17) is 0 Å². The van der Waals surface area contributed by atoms with Crippen LogP contribution in [0.5, 0.6) is 0 Å². The van der Waals surface area contributed by atoms with E-state index in [2.05, 4.69) is 5.32 Å². The van der Waals surface area contributed by atoms with Gasteiger partial charge in [0.1, 0.15) is 0 Å². The van der Waals surface area contributed by atoms with Gasteiger partial charge in [-0.3, -0.25) is 0 Å². The lowest BCUT2D eigenvalue weighted by atomic mass is 9.87. The molecule has 0 aromatic carbocycles. The van der Waals surface area contributed by atoms with Crippen molar-refractivity contribution in [1.82, 2.24) is 5.32 Å². The third-order valence-electron chi connectivity index (χ3n) is 3.01. The quantitative estimate of drug-likeness (QED) is 0.666. The number of nitrogens with one attached hydrogen (secondary N) is 1. The van der Waals surface area contributed by atoms with Gasteiger partial charge in [-0.15, -0.1) is 0 Å². The van der Waals surface area contributed by atoms with Gasteiger partial charge in [0.15, 0.2) is 0 Å². The van der Waals surface area contributed by atoms with Crippen molar-refractivity contribution in [1.29, 1.82) is 0 Å². The van der Waals surface area contributed by atoms with Crippen LogP contribution in [-0.4, -0.2) is 23.8 Å². The first kappa shape index (κ1) is 12.0. The molecule has 0 saturated heterocycles. The maximum atomic E-state index is 9.49. The molecule has 1 rings (SSSR count). The summed E-state index contributed by atoms with van der Waals surface area (Å²) in [4.78, 5) is 0. The molecule has 1 fully saturated rings. The van der Waals surface area contributed by atoms with Crippen LogP contribution in [0.1, 0.15) is 52.4 Å². The molecule has 2 N–H and O–H groups in total. The minimum absolute atomic E-state index is 0.563. The third-order valence-corrected chi connectivity index (χ3v) is 3.01. The van der Waals surface area contributed by atoms with Gasteiger partial charge in [0.2, 0.25) is 0 Å². The third kappa shape index (κ3) is 5.61. The lowest BCUT2D eigenvalue weighted by Gasteiger charge is -2.23. The van der Waals surface area contributed by atoms with E-state index in [9.17, 15) is 5.11 Å². The van der Waals surface area contributed by atoms with Crippen LogP contribution in [0.15, 0.2) is 0 Å². The van der Waals surface area contributed by atoms with Crippen LogP contribution in [0.2, 0.25) is 0 Å². The van der Waals surface area contributed by atoms with E-state index in [-0.39, 0.29) is 0 Å². The molecule has 1 aliphatic carbocycles. The molecule has 0 radical (unpaired) electrons. The van der Waals surface area contributed by atoms with Crippen molar-refractivity contribution >= 4 is 0 Å². The van der Waals surface area contributed by atoms with E-state index in [0.717, 1.165) is 12.5 Å². The van der Waals surface area contributed by atoms with Crippen LogP contribution in [0.3, 0.4) is 0 Å². The van der Waals surface area contributed by atoms with E-state index in [1.807, 2.05) is 13.8 Å². The Balaban J connectivity index is 1.97. The van der Waals surface area contributed by atoms with Gasteiger partial charge in [-0.2, -0.15) is 0 Å². The molecule has 84 valence electrons. The standard InChI is InChI=1S/C12H25NO/c1-12(2,14)10-13-9-8-11-6-4-3-5-7-11/h11,13-14H,3-10H2,1-2H3. The van der Waals surface area contributed by atoms with Crippen molar-refractivity contribution in [2.24, 2.45) is 5.92 Å². The van der Waals surface area contributed by atoms with Crippen LogP contribution < -0.4 is 5.32 Å². The summed E-state index contributed by atoms with van der Waals surface area (Å²) in [6.45, 7) is 5.47. The van der Waals surface area contributed by atoms with Crippen molar-refractivity contribution in [3.63, 3.8) is 0 Å². The van der Waals surface area contributed by atoms with E-state index < -0.39 is 5.60 Å². The Kier molecular flexibility index (Phi) is 4.90. The molecule has 0 spiro atoms. The smallest absolute Gasteiger partial charge is 0.0715 e. The molecule has 1 saturated carbocycles. The molecular formula is C12H25NO. The topological polar surface area (TPSA) is 32.3 Å². The van der Waals surface area contributed by atoms with Crippen LogP contribution in [-0.2, 0) is 0 Å². The van der Waals surface area contributed by atoms with Gasteiger partial charge in [0, 0.05) is 6.54 Å². The lowest BCUT2D eigenvalue weighted by molar-refractivity contribution is 0.0793. The SMILES string of the molecule is CC(C)(O)CNCCC1CCCCC1. The molecule has 1 aliphatic rings. The molecule has 2 nitrogen and oxygen atoms in total. The number of hydrogen-bond acceptors (Lipinski definition) is 2. The Hall–Kier alpha value is -0.0800. The predicted octanol–water partition coefficient (Wildman–Crippen LogP) is 2.32. The molecule has 0 heterocycles. The predicted molar refractivity (Wildman–Crippen MR) is 60.4 cm³/mol. The second kappa shape index (κ2) is 5.72. The Bertz CT molecular complexity index is 145. The highest BCUT2D eigenvalue weighted by Gasteiger charge is 2.14. The molecule has 0 unspecified atom stereocenters. The molecule has 0 atom stereocenters. The summed E-state index contributed by atoms with van der Waals surface area (Å²) in [5.74, 6) is 0.943. The molecule has 0 amide bonds. The van der Waals surface area contributed by atoms with Crippen LogP contribution in [0, 0.1) is 5.92 Å². The van der Waals surface area contributed by atoms with Crippen LogP contribution in [0.4, 0.5) is 0 Å². The maximum Gasteiger partial charge on any atom is 0.0715 e. The van der Waals surface area contributed by atoms with E-state index >= 15 is 0 Å². The van der Waals surface area contributed by atoms with Gasteiger partial charge in [0.05, 0.1) is 5.60 Å². The average molecular weight is 199 g/mol. The molecular weight excluding hydrogens is 174 g/mol. The van der Waals surface area contributed by atoms with Gasteiger partial charge >= 0.3 is 0 Å². The molecule has 0 aliphatic heterocycles. The first-order valence-electron chi connectivity index (χ1n) is 6.01. The summed E-state index contributed by atoms with van der Waals surface area (Å²) < 4.78 is 0. The van der Waals surface area contributed by atoms with Gasteiger partial charge in [0.25, 0.3) is 0 Å². The van der Waals surface area contributed by atoms with E-state index in [1.54, 1.807) is 0 Å². The Labute approximate surface area is 88.1 Å². The fourth-order valence-corrected chi connectivity index (χ4v) is 2.18. The van der Waals surface area contributed by atoms with Crippen molar-refractivity contribution in [3.8, 4) is 0 Å². The fourth-order valence-electron chi connectivity index (χ4n) is 2.18. The summed E-state index contributed by atoms with van der Waals surface area (Å²) in [7, 11) is 0. The van der Waals surface area contributed by atoms with Gasteiger partial charge in [-0.05, 0) is 32.7 Å². The highest BCUT2D eigenvalue weighted by Crippen LogP contribution is 2.25. The molecule has 2 heteroatoms. The largest absolute Gasteiger partial charge is 0.389 e. The average Bonchev–Trinajstić information content (AvgIpc) is 2.13. The first-order chi connectivity index (χ1) is 6.58. The van der Waals surface area contributed by atoms with Crippen molar-refractivity contribution in [2.45, 2.75) is 58.0 Å². The zero-order valence-corrected chi connectivity index (χ0v) is 9.68. The normalized spacial score (nSPS) is 19.9. The van der Waals surface area contributed by atoms with Crippen LogP contribution >= 0.6 is 0 Å². The highest BCUT2D eigenvalue weighted by molar-refractivity contribution is 4.70. The summed E-state index contributed by atoms with van der Waals surface area (Å²) >= 11 is 0. The first-order valence-corrected chi connectivity index (χ1v) is 6.01. The summed E-state index contributed by atoms with van der Waals surface area (Å²) in [6.07, 6.45) is 8.42. The Morgan fingerprint density at radius 3 is 2.43 bits per heavy atom. The highest BCUT2D eigenvalue weighted by atomic mass is 16.3. The summed E-state index contributed by atoms with van der Waals surface area (Å²) in [5.41, 5.74) is -0.563. The monoisotopic (exact) mass is 199 g/mol. The van der Waals surface area contributed by atoms with Crippen LogP contribution in [0.25, 0.3) is 0 Å². The minimum atomic E-state index is -0.563. The molecule has 0 bridgehead atoms. The number of rotatable bonds is 5. The maximum absolute atomic E-state index is 9.49. The van der Waals surface area contributed by atoms with Crippen molar-refractivity contribution in [2.75, 3.05) is 13.1 Å². The Morgan fingerprint density at radius 1 is 1.21 bits per heavy atom. The fraction of sp³-hybridized carbons (Fsp3) is 1.00. The van der Waals surface area contributed by atoms with E-state index in [1.165, 1.54) is 38.5 Å². The zero-order valence-electron chi connectivity index (χ0n) is 9.68. The van der Waals surface area contributed by atoms with Crippen molar-refractivity contribution in [3.05, 3.63) is 0 Å². The van der Waals surface area contributed by atoms with Crippen molar-refractivity contribution < 1.29 is 5.11 Å². The van der Waals surface area contributed by atoms with Gasteiger partial charge < -0.3 is 10.4 Å². The molecule has 0 aromatic heterocycles. The molecule has 14 heavy (non-hydrogen) atoms. The Morgan fingerprint density at radius 2 is 1.86 bits per heavy atom. The lowest BCUT2D eigenvalue weighted by Crippen LogP contribution is -2.35. The molecule has 0 aromatic rings. The number of aliphatic hydroxyl groups is 1. The van der Waals surface area contributed by atoms with Gasteiger partial charge in [-0.1, -0.05) is 32.1 Å². The zero-order chi connectivity index (χ0) is 10.4. The summed E-state index contributed by atoms with van der Waals surface area (Å²) in [6, 6.07) is 0. The van der Waals surface area contributed by atoms with E-state index in [0.29, 0.717) is 6.54 Å². The second-order valence-corrected chi connectivity index (χ2v) is 5.28.